The van der Waals surface area contributed by atoms with Crippen molar-refractivity contribution < 1.29 is 4.79 Å². The zero-order valence-electron chi connectivity index (χ0n) is 12.1. The number of nitrogens with zero attached hydrogens (tertiary/aromatic N) is 3. The Morgan fingerprint density at radius 2 is 2.18 bits per heavy atom. The lowest BCUT2D eigenvalue weighted by Crippen LogP contribution is -2.28. The molecule has 1 aliphatic rings. The van der Waals surface area contributed by atoms with Crippen molar-refractivity contribution in [1.82, 2.24) is 19.9 Å². The molecule has 1 saturated heterocycles. The summed E-state index contributed by atoms with van der Waals surface area (Å²) in [5, 5.41) is 1.58. The van der Waals surface area contributed by atoms with Gasteiger partial charge in [0.25, 0.3) is 0 Å². The summed E-state index contributed by atoms with van der Waals surface area (Å²) in [6.45, 7) is 2.39. The first-order chi connectivity index (χ1) is 10.6. The maximum absolute atomic E-state index is 11.7. The molecule has 1 amide bonds. The molecule has 1 aromatic carbocycles. The number of carbonyl (C=O) groups excluding carboxylic acids is 1. The number of imidazole rings is 1. The van der Waals surface area contributed by atoms with Crippen LogP contribution in [-0.4, -0.2) is 32.3 Å². The van der Waals surface area contributed by atoms with Gasteiger partial charge in [0.15, 0.2) is 5.82 Å². The van der Waals surface area contributed by atoms with Gasteiger partial charge in [0.1, 0.15) is 10.7 Å². The number of amides is 1. The van der Waals surface area contributed by atoms with Crippen LogP contribution >= 0.6 is 11.6 Å². The first-order valence-electron chi connectivity index (χ1n) is 7.35. The van der Waals surface area contributed by atoms with Crippen molar-refractivity contribution in [2.45, 2.75) is 25.8 Å². The van der Waals surface area contributed by atoms with Crippen LogP contribution in [0.15, 0.2) is 24.3 Å². The number of aromatic amines is 1. The van der Waals surface area contributed by atoms with Crippen LogP contribution in [0.4, 0.5) is 0 Å². The molecule has 0 aliphatic carbocycles. The van der Waals surface area contributed by atoms with Crippen LogP contribution in [0.3, 0.4) is 0 Å². The minimum Gasteiger partial charge on any atom is -0.346 e. The molecule has 112 valence electrons. The zero-order chi connectivity index (χ0) is 15.3. The molecule has 0 spiro atoms. The van der Waals surface area contributed by atoms with Crippen molar-refractivity contribution >= 4 is 39.4 Å². The lowest BCUT2D eigenvalue weighted by Gasteiger charge is -2.20. The molecule has 4 rings (SSSR count). The molecular weight excluding hydrogens is 300 g/mol. The largest absolute Gasteiger partial charge is 0.346 e. The predicted octanol–water partition coefficient (Wildman–Crippen LogP) is 3.45. The second-order valence-electron chi connectivity index (χ2n) is 5.65. The molecule has 1 fully saturated rings. The van der Waals surface area contributed by atoms with Gasteiger partial charge < -0.3 is 9.88 Å². The van der Waals surface area contributed by atoms with E-state index in [1.54, 1.807) is 6.92 Å². The Bertz CT molecular complexity index is 888. The summed E-state index contributed by atoms with van der Waals surface area (Å²) in [4.78, 5) is 26.1. The molecule has 0 unspecified atom stereocenters. The fraction of sp³-hybridized carbons (Fsp3) is 0.312. The molecule has 2 aromatic heterocycles. The molecule has 3 aromatic rings. The van der Waals surface area contributed by atoms with Crippen LogP contribution in [0.25, 0.3) is 21.9 Å². The molecule has 0 bridgehead atoms. The highest BCUT2D eigenvalue weighted by atomic mass is 35.5. The summed E-state index contributed by atoms with van der Waals surface area (Å²) < 4.78 is 0. The van der Waals surface area contributed by atoms with Crippen molar-refractivity contribution in [2.24, 2.45) is 0 Å². The van der Waals surface area contributed by atoms with E-state index >= 15 is 0 Å². The maximum atomic E-state index is 11.7. The summed E-state index contributed by atoms with van der Waals surface area (Å²) in [6.07, 6.45) is 1.92. The second-order valence-corrected chi connectivity index (χ2v) is 6.06. The summed E-state index contributed by atoms with van der Waals surface area (Å²) in [6, 6.07) is 7.66. The number of benzene rings is 1. The van der Waals surface area contributed by atoms with Crippen LogP contribution in [0, 0.1) is 0 Å². The topological polar surface area (TPSA) is 61.9 Å². The third kappa shape index (κ3) is 2.04. The highest BCUT2D eigenvalue weighted by molar-refractivity contribution is 6.30. The third-order valence-electron chi connectivity index (χ3n) is 4.26. The van der Waals surface area contributed by atoms with Crippen molar-refractivity contribution in [1.29, 1.82) is 0 Å². The minimum absolute atomic E-state index is 0.00349. The molecule has 3 heterocycles. The summed E-state index contributed by atoms with van der Waals surface area (Å²) in [7, 11) is 0. The van der Waals surface area contributed by atoms with Gasteiger partial charge in [-0.15, -0.1) is 0 Å². The fourth-order valence-electron chi connectivity index (χ4n) is 3.23. The first-order valence-corrected chi connectivity index (χ1v) is 7.73. The Kier molecular flexibility index (Phi) is 3.04. The average Bonchev–Trinajstić information content (AvgIpc) is 3.12. The number of rotatable bonds is 1. The molecule has 22 heavy (non-hydrogen) atoms. The van der Waals surface area contributed by atoms with Gasteiger partial charge in [-0.1, -0.05) is 11.6 Å². The molecular formula is C16H15ClN4O. The van der Waals surface area contributed by atoms with E-state index in [0.29, 0.717) is 5.15 Å². The fourth-order valence-corrected chi connectivity index (χ4v) is 3.40. The van der Waals surface area contributed by atoms with Gasteiger partial charge in [-0.2, -0.15) is 0 Å². The Labute approximate surface area is 132 Å². The smallest absolute Gasteiger partial charge is 0.220 e. The molecule has 1 N–H and O–H groups in total. The lowest BCUT2D eigenvalue weighted by atomic mass is 10.2. The Morgan fingerprint density at radius 1 is 1.32 bits per heavy atom. The molecule has 5 nitrogen and oxygen atoms in total. The SMILES string of the molecule is CC(=O)N1CCC[C@H]1c1nc2ccc3[nH]c(Cl)ccc3c2n1. The van der Waals surface area contributed by atoms with Gasteiger partial charge in [0.05, 0.1) is 11.6 Å². The molecule has 0 saturated carbocycles. The van der Waals surface area contributed by atoms with E-state index in [0.717, 1.165) is 47.1 Å². The summed E-state index contributed by atoms with van der Waals surface area (Å²) in [5.41, 5.74) is 2.64. The van der Waals surface area contributed by atoms with E-state index in [9.17, 15) is 4.79 Å². The Balaban J connectivity index is 1.87. The number of H-pyrrole nitrogens is 1. The van der Waals surface area contributed by atoms with Gasteiger partial charge in [-0.25, -0.2) is 9.97 Å². The number of aromatic nitrogens is 3. The van der Waals surface area contributed by atoms with Crippen molar-refractivity contribution in [2.75, 3.05) is 6.54 Å². The number of carbonyl (C=O) groups is 1. The van der Waals surface area contributed by atoms with Gasteiger partial charge in [0, 0.05) is 24.4 Å². The molecule has 1 atom stereocenters. The quantitative estimate of drug-likeness (QED) is 0.700. The van der Waals surface area contributed by atoms with E-state index in [2.05, 4.69) is 9.97 Å². The third-order valence-corrected chi connectivity index (χ3v) is 4.48. The molecule has 1 aliphatic heterocycles. The van der Waals surface area contributed by atoms with Crippen LogP contribution in [0.2, 0.25) is 5.15 Å². The summed E-state index contributed by atoms with van der Waals surface area (Å²) >= 11 is 6.00. The number of nitrogens with one attached hydrogen (secondary N) is 1. The van der Waals surface area contributed by atoms with E-state index in [-0.39, 0.29) is 11.9 Å². The monoisotopic (exact) mass is 314 g/mol. The highest BCUT2D eigenvalue weighted by Gasteiger charge is 2.30. The molecule has 0 radical (unpaired) electrons. The van der Waals surface area contributed by atoms with Crippen molar-refractivity contribution in [3.63, 3.8) is 0 Å². The van der Waals surface area contributed by atoms with Crippen LogP contribution in [0.5, 0.6) is 0 Å². The Morgan fingerprint density at radius 3 is 3.00 bits per heavy atom. The maximum Gasteiger partial charge on any atom is 0.220 e. The number of likely N-dealkylation sites (tertiary alicyclic amines) is 1. The normalized spacial score (nSPS) is 18.5. The van der Waals surface area contributed by atoms with Crippen LogP contribution in [0.1, 0.15) is 31.6 Å². The van der Waals surface area contributed by atoms with E-state index < -0.39 is 0 Å². The number of hydrogen-bond acceptors (Lipinski definition) is 3. The zero-order valence-corrected chi connectivity index (χ0v) is 12.9. The molecule has 6 heteroatoms. The van der Waals surface area contributed by atoms with Gasteiger partial charge in [0.2, 0.25) is 5.91 Å². The number of pyridine rings is 1. The van der Waals surface area contributed by atoms with Crippen LogP contribution in [-0.2, 0) is 4.79 Å². The van der Waals surface area contributed by atoms with Gasteiger partial charge in [-0.3, -0.25) is 4.79 Å². The minimum atomic E-state index is -0.00349. The summed E-state index contributed by atoms with van der Waals surface area (Å²) in [5.74, 6) is 0.825. The van der Waals surface area contributed by atoms with E-state index in [1.165, 1.54) is 0 Å². The number of hydrogen-bond donors (Lipinski definition) is 1. The lowest BCUT2D eigenvalue weighted by molar-refractivity contribution is -0.129. The number of fused-ring (bicyclic) bond motifs is 3. The Hall–Kier alpha value is -2.14. The van der Waals surface area contributed by atoms with Gasteiger partial charge >= 0.3 is 0 Å². The second kappa shape index (κ2) is 4.95. The number of halogens is 1. The van der Waals surface area contributed by atoms with Gasteiger partial charge in [-0.05, 0) is 37.1 Å². The van der Waals surface area contributed by atoms with Crippen molar-refractivity contribution in [3.8, 4) is 0 Å². The average molecular weight is 315 g/mol. The first kappa shape index (κ1) is 13.5. The van der Waals surface area contributed by atoms with Crippen molar-refractivity contribution in [3.05, 3.63) is 35.2 Å². The van der Waals surface area contributed by atoms with E-state index in [1.807, 2.05) is 29.2 Å². The standard InChI is InChI=1S/C16H15ClN4O/c1-9(22)21-8-2-3-13(21)16-19-12-6-5-11-10(15(12)20-16)4-7-14(17)18-11/h4-7,13,18H,2-3,8H2,1H3/t13-/m0/s1. The predicted molar refractivity (Wildman–Crippen MR) is 85.8 cm³/mol. The van der Waals surface area contributed by atoms with Crippen LogP contribution < -0.4 is 0 Å². The highest BCUT2D eigenvalue weighted by Crippen LogP contribution is 2.33. The van der Waals surface area contributed by atoms with E-state index in [4.69, 9.17) is 16.6 Å².